The largest absolute Gasteiger partial charge is 0.342 e. The number of carbonyl (C=O) groups excluding carboxylic acids is 1. The van der Waals surface area contributed by atoms with E-state index in [0.29, 0.717) is 23.1 Å². The molecule has 1 atom stereocenters. The molecule has 1 aromatic rings. The first-order valence-corrected chi connectivity index (χ1v) is 12.6. The lowest BCUT2D eigenvalue weighted by Gasteiger charge is -2.31. The van der Waals surface area contributed by atoms with Gasteiger partial charge in [-0.25, -0.2) is 4.98 Å². The Bertz CT molecular complexity index is 1140. The number of likely N-dealkylation sites (tertiary alicyclic amines) is 1. The van der Waals surface area contributed by atoms with Gasteiger partial charge < -0.3 is 9.47 Å². The van der Waals surface area contributed by atoms with Gasteiger partial charge in [0.1, 0.15) is 5.56 Å². The molecule has 0 aliphatic carbocycles. The molecule has 1 amide bonds. The third kappa shape index (κ3) is 4.08. The summed E-state index contributed by atoms with van der Waals surface area (Å²) in [5.74, 6) is 1.59. The molecular formula is C24H29N5O2S. The van der Waals surface area contributed by atoms with Gasteiger partial charge in [-0.05, 0) is 50.2 Å². The van der Waals surface area contributed by atoms with E-state index in [-0.39, 0.29) is 11.5 Å². The van der Waals surface area contributed by atoms with Gasteiger partial charge in [-0.3, -0.25) is 9.59 Å². The van der Waals surface area contributed by atoms with E-state index in [0.717, 1.165) is 68.3 Å². The predicted molar refractivity (Wildman–Crippen MR) is 125 cm³/mol. The van der Waals surface area contributed by atoms with Crippen molar-refractivity contribution < 1.29 is 4.79 Å². The van der Waals surface area contributed by atoms with Gasteiger partial charge in [0.15, 0.2) is 11.0 Å². The average Bonchev–Trinajstić information content (AvgIpc) is 2.97. The summed E-state index contributed by atoms with van der Waals surface area (Å²) in [4.78, 5) is 32.9. The molecule has 1 saturated heterocycles. The zero-order chi connectivity index (χ0) is 22.1. The van der Waals surface area contributed by atoms with Crippen molar-refractivity contribution in [1.29, 1.82) is 0 Å². The number of benzene rings is 1. The normalized spacial score (nSPS) is 19.0. The highest BCUT2D eigenvalue weighted by Crippen LogP contribution is 2.30. The van der Waals surface area contributed by atoms with Gasteiger partial charge in [0, 0.05) is 25.3 Å². The Balaban J connectivity index is 1.50. The molecule has 1 aromatic carbocycles. The molecule has 0 spiro atoms. The predicted octanol–water partition coefficient (Wildman–Crippen LogP) is 3.61. The fraction of sp³-hybridized carbons (Fsp3) is 0.500. The number of hydrogen-bond donors (Lipinski definition) is 0. The maximum atomic E-state index is 13.3. The fourth-order valence-electron chi connectivity index (χ4n) is 4.84. The number of carbonyl (C=O) groups is 1. The van der Waals surface area contributed by atoms with E-state index in [9.17, 15) is 9.59 Å². The molecule has 168 valence electrons. The van der Waals surface area contributed by atoms with Crippen LogP contribution in [0.15, 0.2) is 40.3 Å². The molecule has 32 heavy (non-hydrogen) atoms. The lowest BCUT2D eigenvalue weighted by Crippen LogP contribution is -2.40. The van der Waals surface area contributed by atoms with E-state index < -0.39 is 0 Å². The number of piperidine rings is 1. The Morgan fingerprint density at radius 2 is 1.97 bits per heavy atom. The lowest BCUT2D eigenvalue weighted by atomic mass is 10.0. The first-order chi connectivity index (χ1) is 15.6. The van der Waals surface area contributed by atoms with E-state index in [1.807, 2.05) is 35.2 Å². The average molecular weight is 452 g/mol. The van der Waals surface area contributed by atoms with Gasteiger partial charge in [-0.1, -0.05) is 43.3 Å². The van der Waals surface area contributed by atoms with Crippen molar-refractivity contribution >= 4 is 17.7 Å². The second-order valence-corrected chi connectivity index (χ2v) is 9.87. The van der Waals surface area contributed by atoms with Crippen molar-refractivity contribution in [2.45, 2.75) is 57.1 Å². The number of aromatic nitrogens is 4. The number of hydrogen-bond acceptors (Lipinski definition) is 5. The minimum Gasteiger partial charge on any atom is -0.342 e. The van der Waals surface area contributed by atoms with E-state index in [2.05, 4.69) is 16.6 Å². The molecule has 0 bridgehead atoms. The third-order valence-electron chi connectivity index (χ3n) is 6.50. The summed E-state index contributed by atoms with van der Waals surface area (Å²) >= 11 is 1.48. The molecule has 8 heteroatoms. The SMILES string of the molecule is CC1CCCN(C(=O)CSc2nc3nn(-c4ccccc4)c(=O)c-3c3n2CCCCC3)C1. The smallest absolute Gasteiger partial charge is 0.284 e. The topological polar surface area (TPSA) is 73.0 Å². The van der Waals surface area contributed by atoms with Gasteiger partial charge in [0.25, 0.3) is 5.56 Å². The Labute approximate surface area is 192 Å². The number of fused-ring (bicyclic) bond motifs is 3. The fourth-order valence-corrected chi connectivity index (χ4v) is 5.78. The Morgan fingerprint density at radius 3 is 2.78 bits per heavy atom. The lowest BCUT2D eigenvalue weighted by molar-refractivity contribution is -0.130. The highest BCUT2D eigenvalue weighted by molar-refractivity contribution is 7.99. The molecule has 0 aromatic heterocycles. The van der Waals surface area contributed by atoms with Crippen molar-refractivity contribution in [1.82, 2.24) is 24.2 Å². The first kappa shape index (κ1) is 21.2. The molecule has 4 aliphatic rings. The summed E-state index contributed by atoms with van der Waals surface area (Å²) in [6, 6.07) is 9.49. The molecule has 0 saturated carbocycles. The van der Waals surface area contributed by atoms with E-state index in [1.54, 1.807) is 0 Å². The van der Waals surface area contributed by atoms with Crippen LogP contribution in [0.25, 0.3) is 17.1 Å². The van der Waals surface area contributed by atoms with Crippen LogP contribution in [0.3, 0.4) is 0 Å². The summed E-state index contributed by atoms with van der Waals surface area (Å²) in [5, 5.41) is 5.38. The van der Waals surface area contributed by atoms with Crippen LogP contribution < -0.4 is 5.56 Å². The summed E-state index contributed by atoms with van der Waals surface area (Å²) in [6.07, 6.45) is 6.33. The zero-order valence-corrected chi connectivity index (χ0v) is 19.3. The number of amides is 1. The summed E-state index contributed by atoms with van der Waals surface area (Å²) in [6.45, 7) is 4.73. The van der Waals surface area contributed by atoms with Crippen LogP contribution in [0, 0.1) is 5.92 Å². The molecule has 5 rings (SSSR count). The number of thioether (sulfide) groups is 1. The third-order valence-corrected chi connectivity index (χ3v) is 7.46. The highest BCUT2D eigenvalue weighted by Gasteiger charge is 2.28. The molecule has 7 nitrogen and oxygen atoms in total. The van der Waals surface area contributed by atoms with Crippen molar-refractivity contribution in [3.8, 4) is 17.1 Å². The molecule has 4 heterocycles. The van der Waals surface area contributed by atoms with Crippen LogP contribution >= 0.6 is 11.8 Å². The van der Waals surface area contributed by atoms with Crippen LogP contribution in [0.4, 0.5) is 0 Å². The quantitative estimate of drug-likeness (QED) is 0.448. The van der Waals surface area contributed by atoms with Gasteiger partial charge in [-0.2, -0.15) is 4.68 Å². The van der Waals surface area contributed by atoms with Crippen LogP contribution in [0.1, 0.15) is 44.7 Å². The van der Waals surface area contributed by atoms with Gasteiger partial charge in [0.2, 0.25) is 5.91 Å². The van der Waals surface area contributed by atoms with Crippen molar-refractivity contribution in [2.24, 2.45) is 5.92 Å². The van der Waals surface area contributed by atoms with Crippen LogP contribution in [-0.4, -0.2) is 49.0 Å². The van der Waals surface area contributed by atoms with Gasteiger partial charge >= 0.3 is 0 Å². The minimum atomic E-state index is -0.112. The summed E-state index contributed by atoms with van der Waals surface area (Å²) in [5.41, 5.74) is 2.27. The van der Waals surface area contributed by atoms with Crippen molar-refractivity contribution in [2.75, 3.05) is 18.8 Å². The molecule has 4 aliphatic heterocycles. The Morgan fingerprint density at radius 1 is 1.12 bits per heavy atom. The minimum absolute atomic E-state index is 0.112. The second-order valence-electron chi connectivity index (χ2n) is 8.93. The summed E-state index contributed by atoms with van der Waals surface area (Å²) < 4.78 is 3.63. The monoisotopic (exact) mass is 451 g/mol. The van der Waals surface area contributed by atoms with Crippen LogP contribution in [-0.2, 0) is 17.8 Å². The highest BCUT2D eigenvalue weighted by atomic mass is 32.2. The molecular weight excluding hydrogens is 422 g/mol. The van der Waals surface area contributed by atoms with Crippen LogP contribution in [0.5, 0.6) is 0 Å². The van der Waals surface area contributed by atoms with E-state index in [4.69, 9.17) is 4.98 Å². The molecule has 1 unspecified atom stereocenters. The number of rotatable bonds is 4. The molecule has 0 N–H and O–H groups in total. The van der Waals surface area contributed by atoms with Gasteiger partial charge in [-0.15, -0.1) is 5.10 Å². The molecule has 1 fully saturated rings. The maximum absolute atomic E-state index is 13.3. The van der Waals surface area contributed by atoms with E-state index in [1.165, 1.54) is 22.9 Å². The van der Waals surface area contributed by atoms with E-state index >= 15 is 0 Å². The second kappa shape index (κ2) is 9.10. The van der Waals surface area contributed by atoms with Crippen molar-refractivity contribution in [3.63, 3.8) is 0 Å². The Kier molecular flexibility index (Phi) is 6.04. The summed E-state index contributed by atoms with van der Waals surface area (Å²) in [7, 11) is 0. The number of para-hydroxylation sites is 1. The Hall–Kier alpha value is -2.61. The molecule has 0 radical (unpaired) electrons. The maximum Gasteiger partial charge on any atom is 0.284 e. The first-order valence-electron chi connectivity index (χ1n) is 11.6. The van der Waals surface area contributed by atoms with Crippen molar-refractivity contribution in [3.05, 3.63) is 46.4 Å². The van der Waals surface area contributed by atoms with Gasteiger partial charge in [0.05, 0.1) is 11.4 Å². The number of nitrogens with zero attached hydrogens (tertiary/aromatic N) is 5. The zero-order valence-electron chi connectivity index (χ0n) is 18.5. The van der Waals surface area contributed by atoms with Crippen LogP contribution in [0.2, 0.25) is 0 Å². The standard InChI is InChI=1S/C24H29N5O2S/c1-17-9-8-13-27(15-17)20(30)16-32-24-25-22-21(19-12-6-3-7-14-28(19)24)23(31)29(26-22)18-10-4-2-5-11-18/h2,4-5,10-11,17H,3,6-9,12-16H2,1H3.